The molecule has 0 aliphatic heterocycles. The first-order chi connectivity index (χ1) is 10.2. The maximum atomic E-state index is 11.2. The summed E-state index contributed by atoms with van der Waals surface area (Å²) in [5.74, 6) is 0.270. The third-order valence-corrected chi connectivity index (χ3v) is 3.46. The van der Waals surface area contributed by atoms with Crippen LogP contribution in [0.25, 0.3) is 11.1 Å². The Morgan fingerprint density at radius 3 is 2.86 bits per heavy atom. The van der Waals surface area contributed by atoms with Crippen LogP contribution in [0.2, 0.25) is 5.22 Å². The lowest BCUT2D eigenvalue weighted by atomic mass is 10.0. The quantitative estimate of drug-likeness (QED) is 0.757. The van der Waals surface area contributed by atoms with Gasteiger partial charge in [0.15, 0.2) is 10.8 Å². The molecule has 1 aromatic carbocycles. The van der Waals surface area contributed by atoms with Crippen LogP contribution >= 0.6 is 11.6 Å². The monoisotopic (exact) mass is 306 g/mol. The van der Waals surface area contributed by atoms with Crippen LogP contribution in [0.5, 0.6) is 0 Å². The molecule has 2 N–H and O–H groups in total. The van der Waals surface area contributed by atoms with Gasteiger partial charge in [0.1, 0.15) is 5.76 Å². The first kappa shape index (κ1) is 14.0. The molecule has 21 heavy (non-hydrogen) atoms. The smallest absolute Gasteiger partial charge is 0.417 e. The van der Waals surface area contributed by atoms with E-state index in [4.69, 9.17) is 20.4 Å². The number of nitrogens with one attached hydrogen (secondary N) is 2. The minimum Gasteiger partial charge on any atom is -0.448 e. The highest BCUT2D eigenvalue weighted by Gasteiger charge is 2.18. The van der Waals surface area contributed by atoms with Gasteiger partial charge in [-0.1, -0.05) is 13.0 Å². The fraction of sp³-hybridized carbons (Fsp3) is 0.267. The van der Waals surface area contributed by atoms with Crippen molar-refractivity contribution in [1.29, 1.82) is 0 Å². The number of rotatable bonds is 5. The number of furan rings is 1. The molecule has 0 saturated carbocycles. The van der Waals surface area contributed by atoms with E-state index >= 15 is 0 Å². The Balaban J connectivity index is 2.02. The van der Waals surface area contributed by atoms with Crippen molar-refractivity contribution in [3.05, 3.63) is 57.4 Å². The predicted molar refractivity (Wildman–Crippen MR) is 80.7 cm³/mol. The summed E-state index contributed by atoms with van der Waals surface area (Å²) < 4.78 is 10.6. The van der Waals surface area contributed by atoms with Crippen molar-refractivity contribution < 1.29 is 8.83 Å². The maximum Gasteiger partial charge on any atom is 0.417 e. The van der Waals surface area contributed by atoms with Crippen LogP contribution in [0.4, 0.5) is 0 Å². The zero-order valence-corrected chi connectivity index (χ0v) is 12.2. The van der Waals surface area contributed by atoms with Crippen molar-refractivity contribution in [2.75, 3.05) is 6.54 Å². The molecule has 5 nitrogen and oxygen atoms in total. The average Bonchev–Trinajstić information content (AvgIpc) is 3.04. The molecule has 2 aromatic heterocycles. The fourth-order valence-corrected chi connectivity index (χ4v) is 2.45. The standard InChI is InChI=1S/C15H15ClN2O3/c1-2-7-17-14(11-5-6-13(16)20-11)9-3-4-10-12(8-9)21-15(19)18-10/h3-6,8,14,17H,2,7H2,1H3,(H,18,19). The second-order valence-corrected chi connectivity index (χ2v) is 5.17. The van der Waals surface area contributed by atoms with Crippen molar-refractivity contribution >= 4 is 22.7 Å². The summed E-state index contributed by atoms with van der Waals surface area (Å²) in [6.07, 6.45) is 0.992. The van der Waals surface area contributed by atoms with Gasteiger partial charge in [-0.15, -0.1) is 0 Å². The first-order valence-corrected chi connectivity index (χ1v) is 7.16. The van der Waals surface area contributed by atoms with E-state index < -0.39 is 5.76 Å². The minimum absolute atomic E-state index is 0.137. The fourth-order valence-electron chi connectivity index (χ4n) is 2.30. The largest absolute Gasteiger partial charge is 0.448 e. The van der Waals surface area contributed by atoms with Crippen LogP contribution < -0.4 is 11.1 Å². The second-order valence-electron chi connectivity index (χ2n) is 4.80. The van der Waals surface area contributed by atoms with Crippen LogP contribution in [0.3, 0.4) is 0 Å². The van der Waals surface area contributed by atoms with E-state index in [9.17, 15) is 4.79 Å². The number of H-pyrrole nitrogens is 1. The Hall–Kier alpha value is -1.98. The van der Waals surface area contributed by atoms with Gasteiger partial charge in [-0.25, -0.2) is 4.79 Å². The Morgan fingerprint density at radius 2 is 2.14 bits per heavy atom. The lowest BCUT2D eigenvalue weighted by molar-refractivity contribution is 0.447. The van der Waals surface area contributed by atoms with Crippen molar-refractivity contribution in [3.63, 3.8) is 0 Å². The van der Waals surface area contributed by atoms with Crippen molar-refractivity contribution in [1.82, 2.24) is 10.3 Å². The third kappa shape index (κ3) is 2.89. The van der Waals surface area contributed by atoms with E-state index in [1.165, 1.54) is 0 Å². The van der Waals surface area contributed by atoms with E-state index in [-0.39, 0.29) is 6.04 Å². The molecule has 0 amide bonds. The van der Waals surface area contributed by atoms with E-state index in [2.05, 4.69) is 17.2 Å². The molecule has 0 fully saturated rings. The predicted octanol–water partition coefficient (Wildman–Crippen LogP) is 3.46. The Bertz CT molecular complexity index is 802. The van der Waals surface area contributed by atoms with E-state index in [0.717, 1.165) is 24.3 Å². The highest BCUT2D eigenvalue weighted by atomic mass is 35.5. The van der Waals surface area contributed by atoms with E-state index in [1.54, 1.807) is 6.07 Å². The van der Waals surface area contributed by atoms with Gasteiger partial charge < -0.3 is 14.2 Å². The highest BCUT2D eigenvalue weighted by molar-refractivity contribution is 6.28. The van der Waals surface area contributed by atoms with E-state index in [1.807, 2.05) is 24.3 Å². The zero-order chi connectivity index (χ0) is 14.8. The first-order valence-electron chi connectivity index (χ1n) is 6.79. The van der Waals surface area contributed by atoms with Crippen LogP contribution in [0.1, 0.15) is 30.7 Å². The molecule has 0 aliphatic rings. The van der Waals surface area contributed by atoms with Crippen LogP contribution in [0.15, 0.2) is 44.0 Å². The Morgan fingerprint density at radius 1 is 1.29 bits per heavy atom. The summed E-state index contributed by atoms with van der Waals surface area (Å²) in [7, 11) is 0. The van der Waals surface area contributed by atoms with Gasteiger partial charge in [0.25, 0.3) is 0 Å². The normalized spacial score (nSPS) is 12.9. The lowest BCUT2D eigenvalue weighted by Crippen LogP contribution is -2.22. The van der Waals surface area contributed by atoms with Crippen molar-refractivity contribution in [3.8, 4) is 0 Å². The second kappa shape index (κ2) is 5.79. The summed E-state index contributed by atoms with van der Waals surface area (Å²) in [5, 5.41) is 3.75. The van der Waals surface area contributed by atoms with Crippen molar-refractivity contribution in [2.24, 2.45) is 0 Å². The van der Waals surface area contributed by atoms with Gasteiger partial charge in [-0.3, -0.25) is 4.98 Å². The van der Waals surface area contributed by atoms with Gasteiger partial charge >= 0.3 is 5.76 Å². The zero-order valence-electron chi connectivity index (χ0n) is 11.5. The molecule has 0 spiro atoms. The summed E-state index contributed by atoms with van der Waals surface area (Å²) in [5.41, 5.74) is 2.15. The Kier molecular flexibility index (Phi) is 3.86. The average molecular weight is 307 g/mol. The molecule has 0 bridgehead atoms. The summed E-state index contributed by atoms with van der Waals surface area (Å²) in [4.78, 5) is 13.9. The molecule has 110 valence electrons. The number of benzene rings is 1. The molecule has 1 unspecified atom stereocenters. The number of halogens is 1. The summed E-state index contributed by atoms with van der Waals surface area (Å²) in [6.45, 7) is 2.92. The van der Waals surface area contributed by atoms with Gasteiger partial charge in [0.2, 0.25) is 0 Å². The van der Waals surface area contributed by atoms with Gasteiger partial charge in [0.05, 0.1) is 11.6 Å². The molecule has 6 heteroatoms. The number of aromatic nitrogens is 1. The molecule has 0 radical (unpaired) electrons. The van der Waals surface area contributed by atoms with Crippen LogP contribution in [-0.4, -0.2) is 11.5 Å². The van der Waals surface area contributed by atoms with Gasteiger partial charge in [0, 0.05) is 0 Å². The van der Waals surface area contributed by atoms with Crippen LogP contribution in [0, 0.1) is 0 Å². The number of oxazole rings is 1. The Labute approximate surface area is 125 Å². The molecule has 2 heterocycles. The lowest BCUT2D eigenvalue weighted by Gasteiger charge is -2.16. The minimum atomic E-state index is -0.457. The number of hydrogen-bond acceptors (Lipinski definition) is 4. The molecule has 0 aliphatic carbocycles. The van der Waals surface area contributed by atoms with E-state index in [0.29, 0.717) is 16.3 Å². The van der Waals surface area contributed by atoms with Crippen LogP contribution in [-0.2, 0) is 0 Å². The molecule has 3 rings (SSSR count). The molecule has 1 atom stereocenters. The topological polar surface area (TPSA) is 71.2 Å². The van der Waals surface area contributed by atoms with Crippen molar-refractivity contribution in [2.45, 2.75) is 19.4 Å². The molecule has 0 saturated heterocycles. The number of hydrogen-bond donors (Lipinski definition) is 2. The molecular formula is C15H15ClN2O3. The van der Waals surface area contributed by atoms with Gasteiger partial charge in [-0.05, 0) is 54.4 Å². The molecule has 3 aromatic rings. The SMILES string of the molecule is CCCNC(c1ccc2[nH]c(=O)oc2c1)c1ccc(Cl)o1. The molecular weight excluding hydrogens is 292 g/mol. The number of fused-ring (bicyclic) bond motifs is 1. The summed E-state index contributed by atoms with van der Waals surface area (Å²) >= 11 is 5.87. The maximum absolute atomic E-state index is 11.2. The summed E-state index contributed by atoms with van der Waals surface area (Å²) in [6, 6.07) is 9.00. The highest BCUT2D eigenvalue weighted by Crippen LogP contribution is 2.27. The third-order valence-electron chi connectivity index (χ3n) is 3.26. The van der Waals surface area contributed by atoms with Gasteiger partial charge in [-0.2, -0.15) is 0 Å². The number of aromatic amines is 1.